The molecule has 4 heteroatoms. The van der Waals surface area contributed by atoms with Crippen LogP contribution in [0.5, 0.6) is 0 Å². The molecule has 0 unspecified atom stereocenters. The van der Waals surface area contributed by atoms with Crippen LogP contribution in [-0.2, 0) is 5.54 Å². The SMILES string of the molecule is CC1(C)CB(c2ccc3c4cnccc4n(C(c4ccccc4)(c4ccccc4)c4ccccc4)c3n2)CC1(C)C. The topological polar surface area (TPSA) is 30.7 Å². The Labute approximate surface area is 243 Å². The molecule has 3 nitrogen and oxygen atoms in total. The minimum Gasteiger partial charge on any atom is -0.307 e. The lowest BCUT2D eigenvalue weighted by Crippen LogP contribution is -2.38. The molecule has 0 N–H and O–H groups in total. The number of hydrogen-bond donors (Lipinski definition) is 0. The quantitative estimate of drug-likeness (QED) is 0.165. The highest BCUT2D eigenvalue weighted by Gasteiger charge is 2.49. The van der Waals surface area contributed by atoms with E-state index in [1.165, 1.54) is 22.3 Å². The molecule has 0 atom stereocenters. The Hall–Kier alpha value is -4.18. The van der Waals surface area contributed by atoms with Gasteiger partial charge < -0.3 is 4.57 Å². The summed E-state index contributed by atoms with van der Waals surface area (Å²) in [5, 5.41) is 2.27. The Bertz CT molecular complexity index is 1730. The van der Waals surface area contributed by atoms with Gasteiger partial charge in [0.1, 0.15) is 11.2 Å². The van der Waals surface area contributed by atoms with Crippen molar-refractivity contribution in [2.45, 2.75) is 45.9 Å². The van der Waals surface area contributed by atoms with Crippen LogP contribution >= 0.6 is 0 Å². The molecule has 0 bridgehead atoms. The first-order chi connectivity index (χ1) is 19.8. The number of benzene rings is 3. The molecule has 41 heavy (non-hydrogen) atoms. The van der Waals surface area contributed by atoms with Crippen LogP contribution in [0.3, 0.4) is 0 Å². The molecule has 6 aromatic rings. The second-order valence-corrected chi connectivity index (χ2v) is 13.0. The number of fused-ring (bicyclic) bond motifs is 3. The molecule has 1 fully saturated rings. The summed E-state index contributed by atoms with van der Waals surface area (Å²) in [5.74, 6) is 0. The molecule has 0 aliphatic carbocycles. The van der Waals surface area contributed by atoms with Gasteiger partial charge in [-0.05, 0) is 45.7 Å². The Kier molecular flexibility index (Phi) is 5.94. The fraction of sp³-hybridized carbons (Fsp3) is 0.243. The lowest BCUT2D eigenvalue weighted by atomic mass is 9.44. The Morgan fingerprint density at radius 1 is 0.634 bits per heavy atom. The van der Waals surface area contributed by atoms with E-state index in [1.54, 1.807) is 0 Å². The zero-order valence-electron chi connectivity index (χ0n) is 24.4. The highest BCUT2D eigenvalue weighted by atomic mass is 15.1. The summed E-state index contributed by atoms with van der Waals surface area (Å²) in [6, 6.07) is 39.4. The molecule has 1 aliphatic heterocycles. The van der Waals surface area contributed by atoms with E-state index in [-0.39, 0.29) is 10.8 Å². The molecule has 0 amide bonds. The molecule has 3 aromatic heterocycles. The molecule has 1 aliphatic rings. The van der Waals surface area contributed by atoms with Gasteiger partial charge in [-0.1, -0.05) is 131 Å². The van der Waals surface area contributed by atoms with Gasteiger partial charge in [0.25, 0.3) is 0 Å². The monoisotopic (exact) mass is 533 g/mol. The van der Waals surface area contributed by atoms with Crippen molar-refractivity contribution in [1.29, 1.82) is 0 Å². The number of hydrogen-bond acceptors (Lipinski definition) is 2. The van der Waals surface area contributed by atoms with Crippen molar-refractivity contribution in [2.75, 3.05) is 0 Å². The van der Waals surface area contributed by atoms with E-state index in [9.17, 15) is 0 Å². The van der Waals surface area contributed by atoms with Crippen LogP contribution in [0.2, 0.25) is 12.6 Å². The van der Waals surface area contributed by atoms with E-state index < -0.39 is 5.54 Å². The zero-order chi connectivity index (χ0) is 28.2. The third-order valence-corrected chi connectivity index (χ3v) is 10.1. The Balaban J connectivity index is 1.62. The summed E-state index contributed by atoms with van der Waals surface area (Å²) < 4.78 is 2.49. The van der Waals surface area contributed by atoms with E-state index in [0.29, 0.717) is 6.71 Å². The molecular formula is C37H36BN3. The maximum absolute atomic E-state index is 5.60. The standard InChI is InChI=1S/C37H36BN3/c1-35(2)25-38(26-36(35,3)4)33-21-20-30-31-24-39-23-22-32(31)41(34(30)40-33)37(27-14-8-5-9-15-27,28-16-10-6-11-17-28)29-18-12-7-13-19-29/h5-24H,25-26H2,1-4H3. The van der Waals surface area contributed by atoms with Crippen molar-refractivity contribution in [3.8, 4) is 0 Å². The van der Waals surface area contributed by atoms with Crippen molar-refractivity contribution in [3.05, 3.63) is 138 Å². The molecule has 202 valence electrons. The number of rotatable bonds is 5. The van der Waals surface area contributed by atoms with Crippen LogP contribution in [0.25, 0.3) is 21.9 Å². The average Bonchev–Trinajstić information content (AvgIpc) is 3.44. The average molecular weight is 534 g/mol. The van der Waals surface area contributed by atoms with E-state index in [4.69, 9.17) is 4.98 Å². The van der Waals surface area contributed by atoms with Gasteiger partial charge in [0.05, 0.1) is 5.52 Å². The molecule has 3 aromatic carbocycles. The van der Waals surface area contributed by atoms with Gasteiger partial charge in [0, 0.05) is 28.8 Å². The van der Waals surface area contributed by atoms with E-state index in [2.05, 4.69) is 146 Å². The Morgan fingerprint density at radius 2 is 1.15 bits per heavy atom. The summed E-state index contributed by atoms with van der Waals surface area (Å²) >= 11 is 0. The summed E-state index contributed by atoms with van der Waals surface area (Å²) in [4.78, 5) is 10.2. The smallest absolute Gasteiger partial charge is 0.201 e. The van der Waals surface area contributed by atoms with Crippen LogP contribution in [0.15, 0.2) is 122 Å². The maximum Gasteiger partial charge on any atom is 0.201 e. The lowest BCUT2D eigenvalue weighted by molar-refractivity contribution is 0.177. The van der Waals surface area contributed by atoms with Crippen molar-refractivity contribution < 1.29 is 0 Å². The number of nitrogens with zero attached hydrogens (tertiary/aromatic N) is 3. The first-order valence-corrected chi connectivity index (χ1v) is 14.8. The highest BCUT2D eigenvalue weighted by molar-refractivity contribution is 6.73. The number of pyridine rings is 2. The molecule has 0 spiro atoms. The first kappa shape index (κ1) is 25.8. The van der Waals surface area contributed by atoms with Gasteiger partial charge >= 0.3 is 0 Å². The number of aromatic nitrogens is 3. The van der Waals surface area contributed by atoms with Crippen molar-refractivity contribution in [1.82, 2.24) is 14.5 Å². The Morgan fingerprint density at radius 3 is 1.66 bits per heavy atom. The summed E-state index contributed by atoms with van der Waals surface area (Å²) in [6.45, 7) is 10.1. The molecule has 4 heterocycles. The van der Waals surface area contributed by atoms with Gasteiger partial charge in [-0.15, -0.1) is 0 Å². The van der Waals surface area contributed by atoms with Crippen molar-refractivity contribution in [2.24, 2.45) is 10.8 Å². The summed E-state index contributed by atoms with van der Waals surface area (Å²) in [5.41, 5.74) is 6.78. The summed E-state index contributed by atoms with van der Waals surface area (Å²) in [7, 11) is 0. The lowest BCUT2D eigenvalue weighted by Gasteiger charge is -2.38. The van der Waals surface area contributed by atoms with E-state index >= 15 is 0 Å². The van der Waals surface area contributed by atoms with Crippen LogP contribution in [0.1, 0.15) is 44.4 Å². The van der Waals surface area contributed by atoms with Crippen LogP contribution in [-0.4, -0.2) is 21.2 Å². The zero-order valence-corrected chi connectivity index (χ0v) is 24.4. The van der Waals surface area contributed by atoms with Crippen molar-refractivity contribution in [3.63, 3.8) is 0 Å². The van der Waals surface area contributed by atoms with Crippen LogP contribution < -0.4 is 5.59 Å². The first-order valence-electron chi connectivity index (χ1n) is 14.8. The fourth-order valence-electron chi connectivity index (χ4n) is 7.31. The minimum absolute atomic E-state index is 0.257. The van der Waals surface area contributed by atoms with E-state index in [1.807, 2.05) is 12.4 Å². The van der Waals surface area contributed by atoms with Crippen LogP contribution in [0.4, 0.5) is 0 Å². The van der Waals surface area contributed by atoms with Gasteiger partial charge in [0.15, 0.2) is 0 Å². The maximum atomic E-state index is 5.60. The summed E-state index contributed by atoms with van der Waals surface area (Å²) in [6.07, 6.45) is 6.19. The van der Waals surface area contributed by atoms with Crippen molar-refractivity contribution >= 4 is 34.2 Å². The van der Waals surface area contributed by atoms with E-state index in [0.717, 1.165) is 34.6 Å². The van der Waals surface area contributed by atoms with Gasteiger partial charge in [-0.3, -0.25) is 4.98 Å². The third-order valence-electron chi connectivity index (χ3n) is 10.1. The van der Waals surface area contributed by atoms with Gasteiger partial charge in [-0.25, -0.2) is 4.98 Å². The molecule has 1 saturated heterocycles. The second-order valence-electron chi connectivity index (χ2n) is 13.0. The van der Waals surface area contributed by atoms with Gasteiger partial charge in [-0.2, -0.15) is 0 Å². The molecular weight excluding hydrogens is 497 g/mol. The second kappa shape index (κ2) is 9.44. The third kappa shape index (κ3) is 3.88. The predicted molar refractivity (Wildman–Crippen MR) is 172 cm³/mol. The van der Waals surface area contributed by atoms with Gasteiger partial charge in [0.2, 0.25) is 6.71 Å². The molecule has 0 saturated carbocycles. The minimum atomic E-state index is -0.648. The molecule has 0 radical (unpaired) electrons. The fourth-order valence-corrected chi connectivity index (χ4v) is 7.31. The normalized spacial score (nSPS) is 16.4. The van der Waals surface area contributed by atoms with Crippen LogP contribution in [0, 0.1) is 10.8 Å². The molecule has 7 rings (SSSR count). The largest absolute Gasteiger partial charge is 0.307 e. The highest BCUT2D eigenvalue weighted by Crippen LogP contribution is 2.53. The predicted octanol–water partition coefficient (Wildman–Crippen LogP) is 8.19.